The molecule has 0 aliphatic carbocycles. The van der Waals surface area contributed by atoms with Crippen LogP contribution in [0.5, 0.6) is 0 Å². The van der Waals surface area contributed by atoms with E-state index in [1.807, 2.05) is 23.1 Å². The first kappa shape index (κ1) is 16.9. The standard InChI is InChI=1S/C21H19ClN2O2/c1-14-6-8-15(9-7-14)16-10-11-24(13-16)21(25)18-12-23-26-20(18)17-4-2-3-5-19(17)22/h2-9,12,16H,10-11,13H2,1H3. The molecular weight excluding hydrogens is 348 g/mol. The molecule has 1 aromatic heterocycles. The van der Waals surface area contributed by atoms with E-state index in [0.29, 0.717) is 34.4 Å². The second kappa shape index (κ2) is 6.96. The largest absolute Gasteiger partial charge is 0.355 e. The van der Waals surface area contributed by atoms with Crippen molar-refractivity contribution < 1.29 is 9.32 Å². The molecule has 132 valence electrons. The van der Waals surface area contributed by atoms with Crippen LogP contribution in [0.25, 0.3) is 11.3 Å². The van der Waals surface area contributed by atoms with Gasteiger partial charge in [0, 0.05) is 24.6 Å². The molecule has 4 rings (SSSR count). The van der Waals surface area contributed by atoms with Crippen LogP contribution >= 0.6 is 11.6 Å². The fraction of sp³-hybridized carbons (Fsp3) is 0.238. The number of nitrogens with zero attached hydrogens (tertiary/aromatic N) is 2. The third kappa shape index (κ3) is 3.13. The summed E-state index contributed by atoms with van der Waals surface area (Å²) in [5.41, 5.74) is 3.67. The normalized spacial score (nSPS) is 16.8. The minimum absolute atomic E-state index is 0.0595. The number of likely N-dealkylation sites (tertiary alicyclic amines) is 1. The minimum Gasteiger partial charge on any atom is -0.355 e. The van der Waals surface area contributed by atoms with E-state index in [4.69, 9.17) is 16.1 Å². The lowest BCUT2D eigenvalue weighted by molar-refractivity contribution is 0.0791. The molecule has 0 spiro atoms. The molecule has 2 heterocycles. The third-order valence-electron chi connectivity index (χ3n) is 4.94. The van der Waals surface area contributed by atoms with Crippen LogP contribution < -0.4 is 0 Å². The highest BCUT2D eigenvalue weighted by Crippen LogP contribution is 2.33. The van der Waals surface area contributed by atoms with Gasteiger partial charge in [0.1, 0.15) is 5.56 Å². The molecule has 3 aromatic rings. The number of aromatic nitrogens is 1. The highest BCUT2D eigenvalue weighted by atomic mass is 35.5. The van der Waals surface area contributed by atoms with Crippen molar-refractivity contribution in [1.82, 2.24) is 10.1 Å². The Kier molecular flexibility index (Phi) is 4.51. The van der Waals surface area contributed by atoms with E-state index in [2.05, 4.69) is 36.3 Å². The maximum atomic E-state index is 13.0. The first-order valence-corrected chi connectivity index (χ1v) is 9.06. The van der Waals surface area contributed by atoms with Crippen molar-refractivity contribution in [2.24, 2.45) is 0 Å². The lowest BCUT2D eigenvalue weighted by Gasteiger charge is -2.16. The first-order valence-electron chi connectivity index (χ1n) is 8.69. The van der Waals surface area contributed by atoms with E-state index < -0.39 is 0 Å². The Morgan fingerprint density at radius 3 is 2.73 bits per heavy atom. The van der Waals surface area contributed by atoms with Crippen molar-refractivity contribution in [3.63, 3.8) is 0 Å². The minimum atomic E-state index is -0.0595. The van der Waals surface area contributed by atoms with Gasteiger partial charge < -0.3 is 9.42 Å². The van der Waals surface area contributed by atoms with Crippen LogP contribution in [-0.4, -0.2) is 29.1 Å². The summed E-state index contributed by atoms with van der Waals surface area (Å²) >= 11 is 6.26. The van der Waals surface area contributed by atoms with Crippen LogP contribution in [0.3, 0.4) is 0 Å². The Morgan fingerprint density at radius 1 is 1.19 bits per heavy atom. The zero-order chi connectivity index (χ0) is 18.1. The summed E-state index contributed by atoms with van der Waals surface area (Å²) in [7, 11) is 0. The molecule has 1 aliphatic heterocycles. The molecule has 1 atom stereocenters. The smallest absolute Gasteiger partial charge is 0.259 e. The van der Waals surface area contributed by atoms with Gasteiger partial charge in [0.25, 0.3) is 5.91 Å². The van der Waals surface area contributed by atoms with Gasteiger partial charge >= 0.3 is 0 Å². The van der Waals surface area contributed by atoms with E-state index >= 15 is 0 Å². The average Bonchev–Trinajstić information content (AvgIpc) is 3.32. The van der Waals surface area contributed by atoms with E-state index in [0.717, 1.165) is 13.0 Å². The Hall–Kier alpha value is -2.59. The number of hydrogen-bond donors (Lipinski definition) is 0. The highest BCUT2D eigenvalue weighted by Gasteiger charge is 2.31. The van der Waals surface area contributed by atoms with Crippen LogP contribution in [0.2, 0.25) is 5.02 Å². The molecule has 1 amide bonds. The van der Waals surface area contributed by atoms with Gasteiger partial charge in [0.2, 0.25) is 0 Å². The van der Waals surface area contributed by atoms with Crippen LogP contribution in [0.1, 0.15) is 33.8 Å². The molecule has 4 nitrogen and oxygen atoms in total. The number of carbonyl (C=O) groups is 1. The molecule has 26 heavy (non-hydrogen) atoms. The van der Waals surface area contributed by atoms with Crippen LogP contribution in [0.15, 0.2) is 59.3 Å². The summed E-state index contributed by atoms with van der Waals surface area (Å²) in [5, 5.41) is 4.38. The molecule has 0 N–H and O–H groups in total. The van der Waals surface area contributed by atoms with Crippen molar-refractivity contribution >= 4 is 17.5 Å². The molecule has 5 heteroatoms. The van der Waals surface area contributed by atoms with Crippen LogP contribution in [-0.2, 0) is 0 Å². The van der Waals surface area contributed by atoms with Gasteiger partial charge in [0.05, 0.1) is 11.2 Å². The van der Waals surface area contributed by atoms with E-state index in [-0.39, 0.29) is 5.91 Å². The summed E-state index contributed by atoms with van der Waals surface area (Å²) in [6, 6.07) is 15.9. The van der Waals surface area contributed by atoms with E-state index in [1.54, 1.807) is 6.07 Å². The van der Waals surface area contributed by atoms with Crippen molar-refractivity contribution in [1.29, 1.82) is 0 Å². The maximum absolute atomic E-state index is 13.0. The van der Waals surface area contributed by atoms with Crippen LogP contribution in [0.4, 0.5) is 0 Å². The molecule has 0 bridgehead atoms. The summed E-state index contributed by atoms with van der Waals surface area (Å²) in [4.78, 5) is 14.9. The monoisotopic (exact) mass is 366 g/mol. The van der Waals surface area contributed by atoms with Gasteiger partial charge in [-0.2, -0.15) is 0 Å². The number of benzene rings is 2. The van der Waals surface area contributed by atoms with Gasteiger partial charge in [-0.1, -0.05) is 58.7 Å². The highest BCUT2D eigenvalue weighted by molar-refractivity contribution is 6.33. The van der Waals surface area contributed by atoms with Crippen molar-refractivity contribution in [2.45, 2.75) is 19.3 Å². The Labute approximate surface area is 157 Å². The SMILES string of the molecule is Cc1ccc(C2CCN(C(=O)c3cnoc3-c3ccccc3Cl)C2)cc1. The second-order valence-corrected chi connectivity index (χ2v) is 7.10. The molecule has 1 fully saturated rings. The molecule has 1 unspecified atom stereocenters. The summed E-state index contributed by atoms with van der Waals surface area (Å²) in [6.45, 7) is 3.51. The summed E-state index contributed by atoms with van der Waals surface area (Å²) in [6.07, 6.45) is 2.45. The van der Waals surface area contributed by atoms with Crippen molar-refractivity contribution in [2.75, 3.05) is 13.1 Å². The van der Waals surface area contributed by atoms with Gasteiger partial charge in [0.15, 0.2) is 5.76 Å². The number of amides is 1. The molecule has 2 aromatic carbocycles. The summed E-state index contributed by atoms with van der Waals surface area (Å²) < 4.78 is 5.35. The quantitative estimate of drug-likeness (QED) is 0.660. The lowest BCUT2D eigenvalue weighted by Crippen LogP contribution is -2.28. The second-order valence-electron chi connectivity index (χ2n) is 6.70. The maximum Gasteiger partial charge on any atom is 0.259 e. The Balaban J connectivity index is 1.56. The van der Waals surface area contributed by atoms with E-state index in [1.165, 1.54) is 17.3 Å². The average molecular weight is 367 g/mol. The molecule has 0 radical (unpaired) electrons. The number of carbonyl (C=O) groups excluding carboxylic acids is 1. The molecule has 1 aliphatic rings. The van der Waals surface area contributed by atoms with Gasteiger partial charge in [-0.25, -0.2) is 0 Å². The zero-order valence-corrected chi connectivity index (χ0v) is 15.2. The first-order chi connectivity index (χ1) is 12.6. The fourth-order valence-corrected chi connectivity index (χ4v) is 3.68. The molecule has 0 saturated carbocycles. The zero-order valence-electron chi connectivity index (χ0n) is 14.5. The van der Waals surface area contributed by atoms with Gasteiger partial charge in [-0.05, 0) is 31.0 Å². The number of halogens is 1. The fourth-order valence-electron chi connectivity index (χ4n) is 3.46. The molecular formula is C21H19ClN2O2. The topological polar surface area (TPSA) is 46.3 Å². The van der Waals surface area contributed by atoms with E-state index in [9.17, 15) is 4.79 Å². The summed E-state index contributed by atoms with van der Waals surface area (Å²) in [5.74, 6) is 0.735. The Morgan fingerprint density at radius 2 is 1.96 bits per heavy atom. The third-order valence-corrected chi connectivity index (χ3v) is 5.27. The van der Waals surface area contributed by atoms with Crippen molar-refractivity contribution in [3.8, 4) is 11.3 Å². The number of hydrogen-bond acceptors (Lipinski definition) is 3. The van der Waals surface area contributed by atoms with Gasteiger partial charge in [-0.3, -0.25) is 4.79 Å². The number of aryl methyl sites for hydroxylation is 1. The predicted molar refractivity (Wildman–Crippen MR) is 101 cm³/mol. The number of rotatable bonds is 3. The molecule has 1 saturated heterocycles. The lowest BCUT2D eigenvalue weighted by atomic mass is 9.97. The van der Waals surface area contributed by atoms with Gasteiger partial charge in [-0.15, -0.1) is 0 Å². The predicted octanol–water partition coefficient (Wildman–Crippen LogP) is 4.93. The Bertz CT molecular complexity index is 933. The van der Waals surface area contributed by atoms with Crippen molar-refractivity contribution in [3.05, 3.63) is 76.4 Å². The van der Waals surface area contributed by atoms with Crippen LogP contribution in [0, 0.1) is 6.92 Å².